The Balaban J connectivity index is 1.79. The Bertz CT molecular complexity index is 654. The van der Waals surface area contributed by atoms with Gasteiger partial charge in [0.1, 0.15) is 30.4 Å². The van der Waals surface area contributed by atoms with Gasteiger partial charge in [-0.05, 0) is 19.1 Å². The van der Waals surface area contributed by atoms with Gasteiger partial charge in [-0.3, -0.25) is 9.59 Å². The van der Waals surface area contributed by atoms with Crippen molar-refractivity contribution < 1.29 is 23.2 Å². The number of aromatic nitrogens is 1. The SMILES string of the molecule is Cc1cc(COC(=O)CNC(=O)c2ccccc2F)no1. The van der Waals surface area contributed by atoms with Crippen molar-refractivity contribution in [1.82, 2.24) is 10.5 Å². The van der Waals surface area contributed by atoms with Crippen molar-refractivity contribution >= 4 is 11.9 Å². The van der Waals surface area contributed by atoms with Gasteiger partial charge in [0.15, 0.2) is 0 Å². The average molecular weight is 292 g/mol. The minimum Gasteiger partial charge on any atom is -0.458 e. The van der Waals surface area contributed by atoms with Crippen LogP contribution >= 0.6 is 0 Å². The van der Waals surface area contributed by atoms with E-state index in [1.165, 1.54) is 24.3 Å². The highest BCUT2D eigenvalue weighted by Crippen LogP contribution is 2.06. The van der Waals surface area contributed by atoms with E-state index in [0.717, 1.165) is 0 Å². The van der Waals surface area contributed by atoms with Gasteiger partial charge in [-0.1, -0.05) is 17.3 Å². The van der Waals surface area contributed by atoms with Crippen molar-refractivity contribution in [2.24, 2.45) is 0 Å². The maximum atomic E-state index is 13.3. The van der Waals surface area contributed by atoms with Crippen molar-refractivity contribution in [2.45, 2.75) is 13.5 Å². The van der Waals surface area contributed by atoms with E-state index < -0.39 is 17.7 Å². The first-order valence-electron chi connectivity index (χ1n) is 6.17. The van der Waals surface area contributed by atoms with Gasteiger partial charge in [0.25, 0.3) is 5.91 Å². The van der Waals surface area contributed by atoms with E-state index in [4.69, 9.17) is 9.26 Å². The molecule has 110 valence electrons. The van der Waals surface area contributed by atoms with Gasteiger partial charge in [0.05, 0.1) is 5.56 Å². The molecule has 2 rings (SSSR count). The first-order valence-corrected chi connectivity index (χ1v) is 6.17. The quantitative estimate of drug-likeness (QED) is 0.846. The molecule has 1 aromatic carbocycles. The van der Waals surface area contributed by atoms with Crippen LogP contribution in [0.25, 0.3) is 0 Å². The molecule has 6 nitrogen and oxygen atoms in total. The number of carbonyl (C=O) groups excluding carboxylic acids is 2. The van der Waals surface area contributed by atoms with Crippen molar-refractivity contribution in [3.63, 3.8) is 0 Å². The number of hydrogen-bond acceptors (Lipinski definition) is 5. The molecular formula is C14H13FN2O4. The van der Waals surface area contributed by atoms with E-state index >= 15 is 0 Å². The summed E-state index contributed by atoms with van der Waals surface area (Å²) in [5.74, 6) is -1.38. The van der Waals surface area contributed by atoms with Crippen LogP contribution in [0.4, 0.5) is 4.39 Å². The molecule has 0 fully saturated rings. The first-order chi connectivity index (χ1) is 10.1. The normalized spacial score (nSPS) is 10.2. The molecule has 0 saturated heterocycles. The van der Waals surface area contributed by atoms with Crippen LogP contribution in [0.5, 0.6) is 0 Å². The first kappa shape index (κ1) is 14.7. The number of carbonyl (C=O) groups is 2. The molecule has 1 amide bonds. The molecule has 0 atom stereocenters. The zero-order valence-corrected chi connectivity index (χ0v) is 11.3. The predicted molar refractivity (Wildman–Crippen MR) is 69.8 cm³/mol. The molecule has 0 bridgehead atoms. The molecule has 2 aromatic rings. The third-order valence-electron chi connectivity index (χ3n) is 2.57. The second-order valence-corrected chi connectivity index (χ2v) is 4.25. The zero-order chi connectivity index (χ0) is 15.2. The Hall–Kier alpha value is -2.70. The third kappa shape index (κ3) is 4.13. The van der Waals surface area contributed by atoms with Gasteiger partial charge in [-0.2, -0.15) is 0 Å². The van der Waals surface area contributed by atoms with E-state index in [1.807, 2.05) is 0 Å². The molecule has 0 aliphatic heterocycles. The molecule has 1 N–H and O–H groups in total. The summed E-state index contributed by atoms with van der Waals surface area (Å²) in [5, 5.41) is 5.94. The van der Waals surface area contributed by atoms with Crippen molar-refractivity contribution in [3.8, 4) is 0 Å². The summed E-state index contributed by atoms with van der Waals surface area (Å²) in [4.78, 5) is 23.1. The van der Waals surface area contributed by atoms with E-state index in [0.29, 0.717) is 11.5 Å². The monoisotopic (exact) mass is 292 g/mol. The molecule has 0 radical (unpaired) electrons. The largest absolute Gasteiger partial charge is 0.458 e. The standard InChI is InChI=1S/C14H13FN2O4/c1-9-6-10(17-21-9)8-20-13(18)7-16-14(19)11-4-2-3-5-12(11)15/h2-6H,7-8H2,1H3,(H,16,19). The smallest absolute Gasteiger partial charge is 0.325 e. The molecule has 1 aromatic heterocycles. The van der Waals surface area contributed by atoms with E-state index in [1.54, 1.807) is 13.0 Å². The molecule has 0 unspecified atom stereocenters. The maximum absolute atomic E-state index is 13.3. The molecule has 1 heterocycles. The molecule has 0 saturated carbocycles. The van der Waals surface area contributed by atoms with Crippen LogP contribution in [0.15, 0.2) is 34.9 Å². The fourth-order valence-electron chi connectivity index (χ4n) is 1.58. The van der Waals surface area contributed by atoms with Crippen LogP contribution in [0, 0.1) is 12.7 Å². The summed E-state index contributed by atoms with van der Waals surface area (Å²) in [7, 11) is 0. The van der Waals surface area contributed by atoms with Crippen molar-refractivity contribution in [1.29, 1.82) is 0 Å². The number of aryl methyl sites for hydroxylation is 1. The fourth-order valence-corrected chi connectivity index (χ4v) is 1.58. The van der Waals surface area contributed by atoms with Crippen LogP contribution in [0.1, 0.15) is 21.8 Å². The summed E-state index contributed by atoms with van der Waals surface area (Å²) in [6.45, 7) is 1.31. The highest BCUT2D eigenvalue weighted by Gasteiger charge is 2.13. The summed E-state index contributed by atoms with van der Waals surface area (Å²) >= 11 is 0. The third-order valence-corrected chi connectivity index (χ3v) is 2.57. The van der Waals surface area contributed by atoms with Crippen LogP contribution < -0.4 is 5.32 Å². The van der Waals surface area contributed by atoms with Gasteiger partial charge in [0.2, 0.25) is 0 Å². The van der Waals surface area contributed by atoms with Gasteiger partial charge >= 0.3 is 5.97 Å². The van der Waals surface area contributed by atoms with E-state index in [9.17, 15) is 14.0 Å². The van der Waals surface area contributed by atoms with Gasteiger partial charge in [-0.25, -0.2) is 4.39 Å². The topological polar surface area (TPSA) is 81.4 Å². The van der Waals surface area contributed by atoms with Crippen molar-refractivity contribution in [3.05, 3.63) is 53.2 Å². The van der Waals surface area contributed by atoms with Crippen LogP contribution in [-0.4, -0.2) is 23.6 Å². The lowest BCUT2D eigenvalue weighted by Gasteiger charge is -2.06. The summed E-state index contributed by atoms with van der Waals surface area (Å²) in [5.41, 5.74) is 0.346. The Morgan fingerprint density at radius 1 is 1.38 bits per heavy atom. The molecular weight excluding hydrogens is 279 g/mol. The Morgan fingerprint density at radius 3 is 2.81 bits per heavy atom. The number of halogens is 1. The second kappa shape index (κ2) is 6.65. The highest BCUT2D eigenvalue weighted by molar-refractivity contribution is 5.96. The Kier molecular flexibility index (Phi) is 4.65. The lowest BCUT2D eigenvalue weighted by atomic mass is 10.2. The number of ether oxygens (including phenoxy) is 1. The number of benzene rings is 1. The van der Waals surface area contributed by atoms with Gasteiger partial charge in [0, 0.05) is 6.07 Å². The number of nitrogens with one attached hydrogen (secondary N) is 1. The molecule has 21 heavy (non-hydrogen) atoms. The predicted octanol–water partition coefficient (Wildman–Crippen LogP) is 1.60. The average Bonchev–Trinajstić information content (AvgIpc) is 2.89. The van der Waals surface area contributed by atoms with Crippen LogP contribution in [0.3, 0.4) is 0 Å². The number of hydrogen-bond donors (Lipinski definition) is 1. The highest BCUT2D eigenvalue weighted by atomic mass is 19.1. The van der Waals surface area contributed by atoms with Gasteiger partial charge < -0.3 is 14.6 Å². The summed E-state index contributed by atoms with van der Waals surface area (Å²) in [6.07, 6.45) is 0. The lowest BCUT2D eigenvalue weighted by Crippen LogP contribution is -2.31. The Morgan fingerprint density at radius 2 is 2.14 bits per heavy atom. The maximum Gasteiger partial charge on any atom is 0.325 e. The summed E-state index contributed by atoms with van der Waals surface area (Å²) in [6, 6.07) is 7.13. The fraction of sp³-hybridized carbons (Fsp3) is 0.214. The summed E-state index contributed by atoms with van der Waals surface area (Å²) < 4.78 is 23.0. The van der Waals surface area contributed by atoms with Crippen molar-refractivity contribution in [2.75, 3.05) is 6.54 Å². The molecule has 0 aliphatic rings. The number of nitrogens with zero attached hydrogens (tertiary/aromatic N) is 1. The molecule has 0 aliphatic carbocycles. The number of rotatable bonds is 5. The lowest BCUT2D eigenvalue weighted by molar-refractivity contribution is -0.143. The van der Waals surface area contributed by atoms with Crippen LogP contribution in [-0.2, 0) is 16.1 Å². The van der Waals surface area contributed by atoms with Gasteiger partial charge in [-0.15, -0.1) is 0 Å². The number of amides is 1. The van der Waals surface area contributed by atoms with E-state index in [2.05, 4.69) is 10.5 Å². The zero-order valence-electron chi connectivity index (χ0n) is 11.3. The minimum atomic E-state index is -0.678. The Labute approximate surface area is 119 Å². The minimum absolute atomic E-state index is 0.0499. The second-order valence-electron chi connectivity index (χ2n) is 4.25. The number of esters is 1. The van der Waals surface area contributed by atoms with Crippen LogP contribution in [0.2, 0.25) is 0 Å². The van der Waals surface area contributed by atoms with E-state index in [-0.39, 0.29) is 18.7 Å². The molecule has 0 spiro atoms. The molecule has 7 heteroatoms.